The van der Waals surface area contributed by atoms with Crippen molar-refractivity contribution in [3.8, 4) is 0 Å². The van der Waals surface area contributed by atoms with Gasteiger partial charge in [-0.1, -0.05) is 6.07 Å². The SMILES string of the molecule is NB1OCc2cc(F)ccc21. The largest absolute Gasteiger partial charge is 0.414 e. The fourth-order valence-electron chi connectivity index (χ4n) is 1.25. The highest BCUT2D eigenvalue weighted by molar-refractivity contribution is 6.65. The average Bonchev–Trinajstić information content (AvgIpc) is 2.32. The third kappa shape index (κ3) is 1.04. The average molecular weight is 151 g/mol. The van der Waals surface area contributed by atoms with Gasteiger partial charge in [-0.3, -0.25) is 0 Å². The Morgan fingerprint density at radius 3 is 3.18 bits per heavy atom. The molecule has 2 nitrogen and oxygen atoms in total. The van der Waals surface area contributed by atoms with Gasteiger partial charge < -0.3 is 10.3 Å². The number of rotatable bonds is 0. The Balaban J connectivity index is 2.50. The first kappa shape index (κ1) is 6.82. The Morgan fingerprint density at radius 2 is 2.36 bits per heavy atom. The molecule has 2 N–H and O–H groups in total. The van der Waals surface area contributed by atoms with Gasteiger partial charge >= 0.3 is 7.05 Å². The normalized spacial score (nSPS) is 15.3. The van der Waals surface area contributed by atoms with Crippen LogP contribution in [0, 0.1) is 5.82 Å². The Bertz CT molecular complexity index is 292. The van der Waals surface area contributed by atoms with E-state index >= 15 is 0 Å². The van der Waals surface area contributed by atoms with Crippen molar-refractivity contribution in [1.29, 1.82) is 0 Å². The fourth-order valence-corrected chi connectivity index (χ4v) is 1.25. The third-order valence-corrected chi connectivity index (χ3v) is 1.83. The summed E-state index contributed by atoms with van der Waals surface area (Å²) in [6.45, 7) is 0.425. The molecule has 0 saturated carbocycles. The number of nitrogens with two attached hydrogens (primary N) is 1. The quantitative estimate of drug-likeness (QED) is 0.530. The smallest absolute Gasteiger partial charge is 0.413 e. The van der Waals surface area contributed by atoms with Crippen LogP contribution >= 0.6 is 0 Å². The summed E-state index contributed by atoms with van der Waals surface area (Å²) in [5.74, 6) is -0.235. The summed E-state index contributed by atoms with van der Waals surface area (Å²) in [6, 6.07) is 4.53. The Kier molecular flexibility index (Phi) is 1.44. The third-order valence-electron chi connectivity index (χ3n) is 1.83. The maximum Gasteiger partial charge on any atom is 0.413 e. The summed E-state index contributed by atoms with van der Waals surface area (Å²) in [6.07, 6.45) is 0. The standard InChI is InChI=1S/C7H7BFNO/c9-6-1-2-7-5(3-6)4-11-8(7)10/h1-3H,4,10H2. The van der Waals surface area contributed by atoms with E-state index in [2.05, 4.69) is 0 Å². The molecule has 0 aliphatic carbocycles. The van der Waals surface area contributed by atoms with Crippen molar-refractivity contribution in [2.75, 3.05) is 0 Å². The number of hydrogen-bond acceptors (Lipinski definition) is 2. The van der Waals surface area contributed by atoms with Crippen molar-refractivity contribution < 1.29 is 9.04 Å². The Hall–Kier alpha value is -0.865. The minimum atomic E-state index is -0.370. The van der Waals surface area contributed by atoms with Gasteiger partial charge in [0.05, 0.1) is 6.61 Å². The number of halogens is 1. The van der Waals surface area contributed by atoms with Gasteiger partial charge in [-0.05, 0) is 23.2 Å². The summed E-state index contributed by atoms with van der Waals surface area (Å²) in [7, 11) is -0.370. The molecule has 0 radical (unpaired) electrons. The molecule has 0 bridgehead atoms. The first-order chi connectivity index (χ1) is 5.27. The van der Waals surface area contributed by atoms with E-state index in [1.807, 2.05) is 0 Å². The minimum Gasteiger partial charge on any atom is -0.414 e. The Labute approximate surface area is 64.3 Å². The molecule has 0 amide bonds. The van der Waals surface area contributed by atoms with E-state index in [-0.39, 0.29) is 12.9 Å². The van der Waals surface area contributed by atoms with E-state index in [4.69, 9.17) is 10.3 Å². The lowest BCUT2D eigenvalue weighted by Gasteiger charge is -1.96. The molecule has 0 atom stereocenters. The molecule has 0 saturated heterocycles. The van der Waals surface area contributed by atoms with Gasteiger partial charge in [0, 0.05) is 0 Å². The van der Waals surface area contributed by atoms with E-state index in [1.54, 1.807) is 6.07 Å². The van der Waals surface area contributed by atoms with Crippen LogP contribution in [0.3, 0.4) is 0 Å². The highest BCUT2D eigenvalue weighted by Crippen LogP contribution is 2.09. The van der Waals surface area contributed by atoms with E-state index in [1.165, 1.54) is 12.1 Å². The summed E-state index contributed by atoms with van der Waals surface area (Å²) >= 11 is 0. The first-order valence-electron chi connectivity index (χ1n) is 3.43. The van der Waals surface area contributed by atoms with Gasteiger partial charge in [0.25, 0.3) is 0 Å². The monoisotopic (exact) mass is 151 g/mol. The topological polar surface area (TPSA) is 35.2 Å². The maximum absolute atomic E-state index is 12.6. The second-order valence-electron chi connectivity index (χ2n) is 2.57. The van der Waals surface area contributed by atoms with Gasteiger partial charge in [-0.2, -0.15) is 0 Å². The van der Waals surface area contributed by atoms with Crippen LogP contribution in [-0.4, -0.2) is 7.05 Å². The molecule has 0 unspecified atom stereocenters. The van der Waals surface area contributed by atoms with Crippen LogP contribution in [-0.2, 0) is 11.3 Å². The van der Waals surface area contributed by atoms with Crippen molar-refractivity contribution >= 4 is 12.5 Å². The van der Waals surface area contributed by atoms with Crippen molar-refractivity contribution in [2.45, 2.75) is 6.61 Å². The second-order valence-corrected chi connectivity index (χ2v) is 2.57. The van der Waals surface area contributed by atoms with Crippen LogP contribution in [0.2, 0.25) is 0 Å². The lowest BCUT2D eigenvalue weighted by molar-refractivity contribution is 0.330. The fraction of sp³-hybridized carbons (Fsp3) is 0.143. The number of hydrogen-bond donors (Lipinski definition) is 1. The zero-order chi connectivity index (χ0) is 7.84. The van der Waals surface area contributed by atoms with E-state index in [0.29, 0.717) is 6.61 Å². The predicted octanol–water partition coefficient (Wildman–Crippen LogP) is 0.00980. The summed E-state index contributed by atoms with van der Waals surface area (Å²) in [4.78, 5) is 0. The van der Waals surface area contributed by atoms with Gasteiger partial charge in [-0.15, -0.1) is 0 Å². The maximum atomic E-state index is 12.6. The zero-order valence-corrected chi connectivity index (χ0v) is 5.88. The van der Waals surface area contributed by atoms with Crippen LogP contribution in [0.4, 0.5) is 4.39 Å². The Morgan fingerprint density at radius 1 is 1.55 bits per heavy atom. The number of fused-ring (bicyclic) bond motifs is 1. The minimum absolute atomic E-state index is 0.235. The number of benzene rings is 1. The summed E-state index contributed by atoms with van der Waals surface area (Å²) < 4.78 is 17.7. The predicted molar refractivity (Wildman–Crippen MR) is 40.8 cm³/mol. The lowest BCUT2D eigenvalue weighted by Crippen LogP contribution is -2.38. The highest BCUT2D eigenvalue weighted by Gasteiger charge is 2.24. The van der Waals surface area contributed by atoms with Gasteiger partial charge in [0.2, 0.25) is 0 Å². The van der Waals surface area contributed by atoms with Crippen LogP contribution in [0.1, 0.15) is 5.56 Å². The van der Waals surface area contributed by atoms with Gasteiger partial charge in [0.15, 0.2) is 0 Å². The molecule has 1 aliphatic heterocycles. The molecule has 1 aromatic carbocycles. The first-order valence-corrected chi connectivity index (χ1v) is 3.43. The molecule has 1 aliphatic rings. The van der Waals surface area contributed by atoms with E-state index in [0.717, 1.165) is 11.0 Å². The van der Waals surface area contributed by atoms with Crippen molar-refractivity contribution in [3.05, 3.63) is 29.6 Å². The van der Waals surface area contributed by atoms with Crippen molar-refractivity contribution in [3.63, 3.8) is 0 Å². The molecule has 4 heteroatoms. The molecular weight excluding hydrogens is 144 g/mol. The van der Waals surface area contributed by atoms with Crippen LogP contribution in [0.5, 0.6) is 0 Å². The van der Waals surface area contributed by atoms with Crippen molar-refractivity contribution in [1.82, 2.24) is 0 Å². The lowest BCUT2D eigenvalue weighted by atomic mass is 9.76. The van der Waals surface area contributed by atoms with E-state index < -0.39 is 0 Å². The molecule has 2 rings (SSSR count). The molecular formula is C7H7BFNO. The molecule has 1 aromatic rings. The molecule has 0 spiro atoms. The molecule has 11 heavy (non-hydrogen) atoms. The second kappa shape index (κ2) is 2.32. The molecule has 56 valence electrons. The van der Waals surface area contributed by atoms with Crippen LogP contribution in [0.15, 0.2) is 18.2 Å². The summed E-state index contributed by atoms with van der Waals surface area (Å²) in [5.41, 5.74) is 7.31. The zero-order valence-electron chi connectivity index (χ0n) is 5.88. The van der Waals surface area contributed by atoms with Crippen LogP contribution in [0.25, 0.3) is 0 Å². The molecule has 0 aromatic heterocycles. The highest BCUT2D eigenvalue weighted by atomic mass is 19.1. The van der Waals surface area contributed by atoms with Gasteiger partial charge in [0.1, 0.15) is 5.82 Å². The van der Waals surface area contributed by atoms with Crippen molar-refractivity contribution in [2.24, 2.45) is 5.64 Å². The molecule has 0 fully saturated rings. The molecule has 1 heterocycles. The summed E-state index contributed by atoms with van der Waals surface area (Å²) in [5, 5.41) is 0. The van der Waals surface area contributed by atoms with Gasteiger partial charge in [-0.25, -0.2) is 4.39 Å². The van der Waals surface area contributed by atoms with E-state index in [9.17, 15) is 4.39 Å². The van der Waals surface area contributed by atoms with Crippen LogP contribution < -0.4 is 11.1 Å².